The van der Waals surface area contributed by atoms with Gasteiger partial charge in [0.1, 0.15) is 5.82 Å². The summed E-state index contributed by atoms with van der Waals surface area (Å²) in [6, 6.07) is 5.94. The molecule has 1 aromatic heterocycles. The van der Waals surface area contributed by atoms with Crippen LogP contribution in [-0.4, -0.2) is 35.7 Å². The van der Waals surface area contributed by atoms with E-state index in [1.807, 2.05) is 30.6 Å². The second-order valence-corrected chi connectivity index (χ2v) is 5.99. The molecule has 2 heterocycles. The molecule has 0 saturated carbocycles. The number of hydrogen-bond donors (Lipinski definition) is 1. The fourth-order valence-electron chi connectivity index (χ4n) is 3.08. The van der Waals surface area contributed by atoms with Crippen LogP contribution < -0.4 is 14.8 Å². The van der Waals surface area contributed by atoms with Crippen LogP contribution >= 0.6 is 0 Å². The Morgan fingerprint density at radius 2 is 2.17 bits per heavy atom. The number of aryl methyl sites for hydroxylation is 2. The molecule has 0 aliphatic carbocycles. The van der Waals surface area contributed by atoms with Gasteiger partial charge in [-0.1, -0.05) is 6.07 Å². The van der Waals surface area contributed by atoms with Gasteiger partial charge in [0.05, 0.1) is 14.2 Å². The number of imidazole rings is 1. The van der Waals surface area contributed by atoms with E-state index in [1.54, 1.807) is 14.2 Å². The van der Waals surface area contributed by atoms with Crippen molar-refractivity contribution in [2.75, 3.05) is 14.2 Å². The van der Waals surface area contributed by atoms with Crippen molar-refractivity contribution < 1.29 is 14.3 Å². The zero-order chi connectivity index (χ0) is 16.9. The number of aromatic nitrogens is 2. The summed E-state index contributed by atoms with van der Waals surface area (Å²) in [4.78, 5) is 16.5. The summed E-state index contributed by atoms with van der Waals surface area (Å²) in [5.41, 5.74) is 1.06. The van der Waals surface area contributed by atoms with Crippen molar-refractivity contribution in [2.45, 2.75) is 38.3 Å². The summed E-state index contributed by atoms with van der Waals surface area (Å²) in [6.45, 7) is 0.803. The maximum atomic E-state index is 12.2. The SMILES string of the molecule is COc1ccc(CCC(=O)N[C@H]2CCc3nccn3C2)cc1OC. The third-order valence-electron chi connectivity index (χ3n) is 4.39. The average Bonchev–Trinajstić information content (AvgIpc) is 3.07. The van der Waals surface area contributed by atoms with E-state index >= 15 is 0 Å². The number of rotatable bonds is 6. The minimum Gasteiger partial charge on any atom is -0.493 e. The molecule has 0 unspecified atom stereocenters. The normalized spacial score (nSPS) is 16.3. The lowest BCUT2D eigenvalue weighted by molar-refractivity contribution is -0.122. The first-order valence-corrected chi connectivity index (χ1v) is 8.20. The van der Waals surface area contributed by atoms with Gasteiger partial charge >= 0.3 is 0 Å². The monoisotopic (exact) mass is 329 g/mol. The molecule has 3 rings (SSSR count). The van der Waals surface area contributed by atoms with E-state index in [2.05, 4.69) is 14.9 Å². The minimum atomic E-state index is 0.0818. The van der Waals surface area contributed by atoms with Gasteiger partial charge in [-0.05, 0) is 30.5 Å². The molecule has 0 radical (unpaired) electrons. The molecular weight excluding hydrogens is 306 g/mol. The smallest absolute Gasteiger partial charge is 0.220 e. The highest BCUT2D eigenvalue weighted by Crippen LogP contribution is 2.28. The maximum Gasteiger partial charge on any atom is 0.220 e. The number of methoxy groups -OCH3 is 2. The standard InChI is InChI=1S/C18H23N3O3/c1-23-15-6-3-13(11-16(15)24-2)4-8-18(22)20-14-5-7-17-19-9-10-21(17)12-14/h3,6,9-11,14H,4-5,7-8,12H2,1-2H3,(H,20,22)/t14-/m0/s1. The highest BCUT2D eigenvalue weighted by Gasteiger charge is 2.20. The predicted molar refractivity (Wildman–Crippen MR) is 90.3 cm³/mol. The lowest BCUT2D eigenvalue weighted by atomic mass is 10.1. The predicted octanol–water partition coefficient (Wildman–Crippen LogP) is 1.96. The summed E-state index contributed by atoms with van der Waals surface area (Å²) in [6.07, 6.45) is 6.78. The lowest BCUT2D eigenvalue weighted by Crippen LogP contribution is -2.40. The van der Waals surface area contributed by atoms with Gasteiger partial charge in [-0.15, -0.1) is 0 Å². The van der Waals surface area contributed by atoms with Gasteiger partial charge in [0.25, 0.3) is 0 Å². The van der Waals surface area contributed by atoms with Crippen LogP contribution in [0.2, 0.25) is 0 Å². The third-order valence-corrected chi connectivity index (χ3v) is 4.39. The number of ether oxygens (including phenoxy) is 2. The Kier molecular flexibility index (Phi) is 5.03. The van der Waals surface area contributed by atoms with Crippen molar-refractivity contribution in [1.82, 2.24) is 14.9 Å². The number of hydrogen-bond acceptors (Lipinski definition) is 4. The molecule has 6 heteroatoms. The van der Waals surface area contributed by atoms with Crippen molar-refractivity contribution in [3.63, 3.8) is 0 Å². The fraction of sp³-hybridized carbons (Fsp3) is 0.444. The van der Waals surface area contributed by atoms with Crippen molar-refractivity contribution in [2.24, 2.45) is 0 Å². The molecule has 0 fully saturated rings. The molecular formula is C18H23N3O3. The van der Waals surface area contributed by atoms with E-state index in [0.29, 0.717) is 24.3 Å². The molecule has 24 heavy (non-hydrogen) atoms. The summed E-state index contributed by atoms with van der Waals surface area (Å²) in [5, 5.41) is 3.13. The van der Waals surface area contributed by atoms with Crippen LogP contribution in [0.4, 0.5) is 0 Å². The number of amides is 1. The quantitative estimate of drug-likeness (QED) is 0.880. The first-order valence-electron chi connectivity index (χ1n) is 8.20. The van der Waals surface area contributed by atoms with Gasteiger partial charge in [0, 0.05) is 37.8 Å². The number of nitrogens with one attached hydrogen (secondary N) is 1. The van der Waals surface area contributed by atoms with Crippen LogP contribution in [0.5, 0.6) is 11.5 Å². The minimum absolute atomic E-state index is 0.0818. The van der Waals surface area contributed by atoms with Crippen molar-refractivity contribution >= 4 is 5.91 Å². The lowest BCUT2D eigenvalue weighted by Gasteiger charge is -2.24. The first kappa shape index (κ1) is 16.4. The highest BCUT2D eigenvalue weighted by molar-refractivity contribution is 5.76. The second kappa shape index (κ2) is 7.38. The van der Waals surface area contributed by atoms with Gasteiger partial charge in [-0.25, -0.2) is 4.98 Å². The van der Waals surface area contributed by atoms with E-state index in [1.165, 1.54) is 0 Å². The number of carbonyl (C=O) groups is 1. The molecule has 0 bridgehead atoms. The summed E-state index contributed by atoms with van der Waals surface area (Å²) in [5.74, 6) is 2.57. The molecule has 1 atom stereocenters. The fourth-order valence-corrected chi connectivity index (χ4v) is 3.08. The molecule has 6 nitrogen and oxygen atoms in total. The molecule has 0 spiro atoms. The summed E-state index contributed by atoms with van der Waals surface area (Å²) >= 11 is 0. The summed E-state index contributed by atoms with van der Waals surface area (Å²) < 4.78 is 12.6. The highest BCUT2D eigenvalue weighted by atomic mass is 16.5. The number of nitrogens with zero attached hydrogens (tertiary/aromatic N) is 2. The molecule has 1 N–H and O–H groups in total. The molecule has 0 saturated heterocycles. The van der Waals surface area contributed by atoms with Crippen LogP contribution in [0.1, 0.15) is 24.2 Å². The van der Waals surface area contributed by atoms with Gasteiger partial charge in [-0.3, -0.25) is 4.79 Å². The Morgan fingerprint density at radius 1 is 1.33 bits per heavy atom. The Bertz CT molecular complexity index is 711. The van der Waals surface area contributed by atoms with Crippen LogP contribution in [0.25, 0.3) is 0 Å². The molecule has 1 aliphatic heterocycles. The van der Waals surface area contributed by atoms with Crippen molar-refractivity contribution in [3.05, 3.63) is 42.0 Å². The number of carbonyl (C=O) groups excluding carboxylic acids is 1. The summed E-state index contributed by atoms with van der Waals surface area (Å²) in [7, 11) is 3.22. The zero-order valence-corrected chi connectivity index (χ0v) is 14.1. The topological polar surface area (TPSA) is 65.4 Å². The van der Waals surface area contributed by atoms with Gasteiger partial charge in [-0.2, -0.15) is 0 Å². The molecule has 128 valence electrons. The number of fused-ring (bicyclic) bond motifs is 1. The van der Waals surface area contributed by atoms with Crippen LogP contribution in [0.3, 0.4) is 0 Å². The van der Waals surface area contributed by atoms with Crippen molar-refractivity contribution in [3.8, 4) is 11.5 Å². The molecule has 1 aromatic carbocycles. The molecule has 1 amide bonds. The average molecular weight is 329 g/mol. The van der Waals surface area contributed by atoms with E-state index in [-0.39, 0.29) is 11.9 Å². The maximum absolute atomic E-state index is 12.2. The largest absolute Gasteiger partial charge is 0.493 e. The second-order valence-electron chi connectivity index (χ2n) is 5.99. The Morgan fingerprint density at radius 3 is 2.96 bits per heavy atom. The van der Waals surface area contributed by atoms with E-state index in [0.717, 1.165) is 30.8 Å². The van der Waals surface area contributed by atoms with Gasteiger partial charge in [0.2, 0.25) is 5.91 Å². The number of benzene rings is 1. The first-order chi connectivity index (χ1) is 11.7. The van der Waals surface area contributed by atoms with E-state index < -0.39 is 0 Å². The Hall–Kier alpha value is -2.50. The van der Waals surface area contributed by atoms with Crippen LogP contribution in [0.15, 0.2) is 30.6 Å². The van der Waals surface area contributed by atoms with Crippen molar-refractivity contribution in [1.29, 1.82) is 0 Å². The Balaban J connectivity index is 1.51. The molecule has 1 aliphatic rings. The third kappa shape index (κ3) is 3.69. The van der Waals surface area contributed by atoms with Gasteiger partial charge in [0.15, 0.2) is 11.5 Å². The Labute approximate surface area is 141 Å². The van der Waals surface area contributed by atoms with E-state index in [9.17, 15) is 4.79 Å². The van der Waals surface area contributed by atoms with Crippen LogP contribution in [0, 0.1) is 0 Å². The van der Waals surface area contributed by atoms with E-state index in [4.69, 9.17) is 9.47 Å². The van der Waals surface area contributed by atoms with Gasteiger partial charge < -0.3 is 19.4 Å². The van der Waals surface area contributed by atoms with Crippen LogP contribution in [-0.2, 0) is 24.2 Å². The zero-order valence-electron chi connectivity index (χ0n) is 14.1. The molecule has 2 aromatic rings.